The molecule has 0 aromatic carbocycles. The first-order chi connectivity index (χ1) is 7.62. The molecule has 16 heavy (non-hydrogen) atoms. The van der Waals surface area contributed by atoms with E-state index >= 15 is 0 Å². The minimum absolute atomic E-state index is 0.231. The predicted octanol–water partition coefficient (Wildman–Crippen LogP) is 1.89. The summed E-state index contributed by atoms with van der Waals surface area (Å²) in [6.45, 7) is 7.52. The summed E-state index contributed by atoms with van der Waals surface area (Å²) in [5.74, 6) is 0. The van der Waals surface area contributed by atoms with Crippen LogP contribution in [0.25, 0.3) is 0 Å². The molecule has 0 radical (unpaired) electrons. The Balaban J connectivity index is 2.10. The summed E-state index contributed by atoms with van der Waals surface area (Å²) in [6.07, 6.45) is -0.433. The second kappa shape index (κ2) is 4.84. The van der Waals surface area contributed by atoms with Crippen molar-refractivity contribution in [3.63, 3.8) is 0 Å². The van der Waals surface area contributed by atoms with Crippen LogP contribution in [0.15, 0.2) is 16.8 Å². The summed E-state index contributed by atoms with van der Waals surface area (Å²) in [7, 11) is 0. The van der Waals surface area contributed by atoms with E-state index in [2.05, 4.69) is 18.7 Å². The van der Waals surface area contributed by atoms with Crippen LogP contribution in [0.3, 0.4) is 0 Å². The van der Waals surface area contributed by atoms with Crippen molar-refractivity contribution in [2.45, 2.75) is 25.5 Å². The summed E-state index contributed by atoms with van der Waals surface area (Å²) < 4.78 is 5.34. The topological polar surface area (TPSA) is 32.7 Å². The van der Waals surface area contributed by atoms with Crippen LogP contribution in [0, 0.1) is 0 Å². The van der Waals surface area contributed by atoms with Gasteiger partial charge in [-0.1, -0.05) is 0 Å². The van der Waals surface area contributed by atoms with Crippen molar-refractivity contribution < 1.29 is 9.84 Å². The van der Waals surface area contributed by atoms with E-state index in [9.17, 15) is 5.11 Å². The first-order valence-corrected chi connectivity index (χ1v) is 6.59. The normalized spacial score (nSPS) is 20.9. The first-order valence-electron chi connectivity index (χ1n) is 5.65. The van der Waals surface area contributed by atoms with E-state index in [4.69, 9.17) is 4.74 Å². The Morgan fingerprint density at radius 1 is 1.44 bits per heavy atom. The van der Waals surface area contributed by atoms with Gasteiger partial charge in [-0.15, -0.1) is 0 Å². The summed E-state index contributed by atoms with van der Waals surface area (Å²) in [5.41, 5.74) is 0.784. The summed E-state index contributed by atoms with van der Waals surface area (Å²) >= 11 is 1.63. The third-order valence-corrected chi connectivity index (χ3v) is 4.06. The van der Waals surface area contributed by atoms with E-state index in [0.717, 1.165) is 31.9 Å². The number of morpholine rings is 1. The molecule has 90 valence electrons. The highest BCUT2D eigenvalue weighted by molar-refractivity contribution is 7.07. The molecule has 1 aromatic rings. The zero-order valence-corrected chi connectivity index (χ0v) is 10.7. The molecule has 1 saturated heterocycles. The van der Waals surface area contributed by atoms with Crippen LogP contribution < -0.4 is 0 Å². The fourth-order valence-corrected chi connectivity index (χ4v) is 2.83. The van der Waals surface area contributed by atoms with Crippen molar-refractivity contribution in [3.8, 4) is 0 Å². The zero-order valence-electron chi connectivity index (χ0n) is 9.85. The Morgan fingerprint density at radius 2 is 2.12 bits per heavy atom. The van der Waals surface area contributed by atoms with Crippen LogP contribution in [-0.4, -0.2) is 41.8 Å². The lowest BCUT2D eigenvalue weighted by molar-refractivity contribution is -0.0629. The van der Waals surface area contributed by atoms with Gasteiger partial charge in [0.2, 0.25) is 0 Å². The lowest BCUT2D eigenvalue weighted by atomic mass is 9.90. The van der Waals surface area contributed by atoms with Crippen molar-refractivity contribution in [2.24, 2.45) is 0 Å². The number of aliphatic hydroxyl groups excluding tert-OH is 1. The van der Waals surface area contributed by atoms with Gasteiger partial charge >= 0.3 is 0 Å². The molecular formula is C12H19NO2S. The smallest absolute Gasteiger partial charge is 0.0976 e. The van der Waals surface area contributed by atoms with E-state index in [-0.39, 0.29) is 5.54 Å². The van der Waals surface area contributed by atoms with Gasteiger partial charge in [-0.3, -0.25) is 4.90 Å². The number of ether oxygens (including phenoxy) is 1. The van der Waals surface area contributed by atoms with Gasteiger partial charge in [-0.05, 0) is 36.2 Å². The van der Waals surface area contributed by atoms with Gasteiger partial charge in [0.05, 0.1) is 19.3 Å². The average molecular weight is 241 g/mol. The molecule has 2 rings (SSSR count). The maximum atomic E-state index is 10.4. The summed E-state index contributed by atoms with van der Waals surface area (Å²) in [4.78, 5) is 2.30. The quantitative estimate of drug-likeness (QED) is 0.877. The molecule has 0 bridgehead atoms. The molecule has 4 heteroatoms. The van der Waals surface area contributed by atoms with Gasteiger partial charge in [0.1, 0.15) is 0 Å². The number of nitrogens with zero attached hydrogens (tertiary/aromatic N) is 1. The molecular weight excluding hydrogens is 222 g/mol. The highest BCUT2D eigenvalue weighted by Gasteiger charge is 2.36. The molecule has 1 aliphatic rings. The van der Waals surface area contributed by atoms with Gasteiger partial charge in [0.15, 0.2) is 0 Å². The molecule has 0 spiro atoms. The van der Waals surface area contributed by atoms with Gasteiger partial charge in [-0.25, -0.2) is 0 Å². The largest absolute Gasteiger partial charge is 0.386 e. The van der Waals surface area contributed by atoms with E-state index in [1.54, 1.807) is 11.3 Å². The fourth-order valence-electron chi connectivity index (χ4n) is 2.15. The number of hydrogen-bond acceptors (Lipinski definition) is 4. The first kappa shape index (κ1) is 12.0. The van der Waals surface area contributed by atoms with Crippen LogP contribution in [0.4, 0.5) is 0 Å². The van der Waals surface area contributed by atoms with E-state index in [1.807, 2.05) is 16.8 Å². The van der Waals surface area contributed by atoms with Crippen LogP contribution in [0.2, 0.25) is 0 Å². The Bertz CT molecular complexity index is 318. The Hall–Kier alpha value is -0.420. The molecule has 2 heterocycles. The SMILES string of the molecule is CC(C)(C(O)c1ccsc1)N1CCOCC1. The van der Waals surface area contributed by atoms with Crippen molar-refractivity contribution in [3.05, 3.63) is 22.4 Å². The monoisotopic (exact) mass is 241 g/mol. The fraction of sp³-hybridized carbons (Fsp3) is 0.667. The predicted molar refractivity (Wildman–Crippen MR) is 65.7 cm³/mol. The Kier molecular flexibility index (Phi) is 3.64. The zero-order chi connectivity index (χ0) is 11.6. The van der Waals surface area contributed by atoms with Gasteiger partial charge in [0, 0.05) is 18.6 Å². The lowest BCUT2D eigenvalue weighted by Gasteiger charge is -2.43. The molecule has 0 aliphatic carbocycles. The van der Waals surface area contributed by atoms with Crippen molar-refractivity contribution in [2.75, 3.05) is 26.3 Å². The molecule has 1 fully saturated rings. The molecule has 1 aromatic heterocycles. The van der Waals surface area contributed by atoms with E-state index in [1.165, 1.54) is 0 Å². The molecule has 1 atom stereocenters. The minimum atomic E-state index is -0.433. The maximum Gasteiger partial charge on any atom is 0.0976 e. The number of rotatable bonds is 3. The van der Waals surface area contributed by atoms with Crippen LogP contribution in [0.1, 0.15) is 25.5 Å². The van der Waals surface area contributed by atoms with Crippen molar-refractivity contribution in [1.29, 1.82) is 0 Å². The number of hydrogen-bond donors (Lipinski definition) is 1. The van der Waals surface area contributed by atoms with E-state index < -0.39 is 6.10 Å². The van der Waals surface area contributed by atoms with Crippen LogP contribution in [-0.2, 0) is 4.74 Å². The average Bonchev–Trinajstić information content (AvgIpc) is 2.82. The van der Waals surface area contributed by atoms with Crippen LogP contribution >= 0.6 is 11.3 Å². The minimum Gasteiger partial charge on any atom is -0.386 e. The molecule has 1 unspecified atom stereocenters. The second-order valence-corrected chi connectivity index (χ2v) is 5.49. The Morgan fingerprint density at radius 3 is 2.69 bits per heavy atom. The third kappa shape index (κ3) is 2.30. The number of thiophene rings is 1. The third-order valence-electron chi connectivity index (χ3n) is 3.35. The standard InChI is InChI=1S/C12H19NO2S/c1-12(2,13-4-6-15-7-5-13)11(14)10-3-8-16-9-10/h3,8-9,11,14H,4-7H2,1-2H3. The molecule has 1 N–H and O–H groups in total. The maximum absolute atomic E-state index is 10.4. The summed E-state index contributed by atoms with van der Waals surface area (Å²) in [5, 5.41) is 14.4. The summed E-state index contributed by atoms with van der Waals surface area (Å²) in [6, 6.07) is 2.00. The molecule has 0 amide bonds. The second-order valence-electron chi connectivity index (χ2n) is 4.71. The van der Waals surface area contributed by atoms with Crippen LogP contribution in [0.5, 0.6) is 0 Å². The molecule has 3 nitrogen and oxygen atoms in total. The Labute approximate surface area is 101 Å². The van der Waals surface area contributed by atoms with Gasteiger partial charge in [-0.2, -0.15) is 11.3 Å². The van der Waals surface area contributed by atoms with Crippen molar-refractivity contribution >= 4 is 11.3 Å². The number of aliphatic hydroxyl groups is 1. The highest BCUT2D eigenvalue weighted by Crippen LogP contribution is 2.32. The van der Waals surface area contributed by atoms with Crippen molar-refractivity contribution in [1.82, 2.24) is 4.90 Å². The lowest BCUT2D eigenvalue weighted by Crippen LogP contribution is -2.53. The van der Waals surface area contributed by atoms with E-state index in [0.29, 0.717) is 0 Å². The van der Waals surface area contributed by atoms with Gasteiger partial charge < -0.3 is 9.84 Å². The highest BCUT2D eigenvalue weighted by atomic mass is 32.1. The molecule has 0 saturated carbocycles. The molecule has 1 aliphatic heterocycles. The van der Waals surface area contributed by atoms with Gasteiger partial charge in [0.25, 0.3) is 0 Å².